The zero-order chi connectivity index (χ0) is 37.8. The predicted octanol–water partition coefficient (Wildman–Crippen LogP) is 6.57. The van der Waals surface area contributed by atoms with Crippen LogP contribution in [0.15, 0.2) is 24.3 Å². The van der Waals surface area contributed by atoms with Crippen LogP contribution in [0.25, 0.3) is 0 Å². The molecule has 0 saturated carbocycles. The lowest BCUT2D eigenvalue weighted by Crippen LogP contribution is -2.51. The molecule has 6 heterocycles. The maximum atomic E-state index is 14.3. The van der Waals surface area contributed by atoms with Crippen LogP contribution in [0.3, 0.4) is 0 Å². The number of nitrogens with two attached hydrogens (primary N) is 1. The van der Waals surface area contributed by atoms with Crippen molar-refractivity contribution in [3.8, 4) is 6.01 Å². The number of anilines is 2. The van der Waals surface area contributed by atoms with Gasteiger partial charge >= 0.3 is 12.2 Å². The van der Waals surface area contributed by atoms with Gasteiger partial charge in [-0.05, 0) is 68.8 Å². The molecule has 0 aliphatic carbocycles. The molecule has 0 unspecified atom stereocenters. The summed E-state index contributed by atoms with van der Waals surface area (Å²) in [6.07, 6.45) is -2.76. The van der Waals surface area contributed by atoms with Gasteiger partial charge in [0.05, 0.1) is 46.8 Å². The van der Waals surface area contributed by atoms with Crippen LogP contribution in [-0.4, -0.2) is 81.3 Å². The van der Waals surface area contributed by atoms with E-state index in [-0.39, 0.29) is 48.7 Å². The van der Waals surface area contributed by atoms with Crippen LogP contribution in [-0.2, 0) is 37.0 Å². The van der Waals surface area contributed by atoms with E-state index in [1.54, 1.807) is 14.1 Å². The smallest absolute Gasteiger partial charge is 0.418 e. The first-order chi connectivity index (χ1) is 25.1. The SMILES string of the molecule is Cc1c(C(=O)N(C)C)nn2c1CN(c1nc(OC[C@]34CCCCN3C[C@@H](C=C(F)F)C4)nc3c1CO[C@H](c1cc(N)cc(Cl)c1C(F)(F)F)C3)CCC2. The minimum absolute atomic E-state index is 0.0366. The number of hydrogen-bond acceptors (Lipinski definition) is 9. The van der Waals surface area contributed by atoms with E-state index in [1.165, 1.54) is 11.0 Å². The number of ether oxygens (including phenoxy) is 2. The quantitative estimate of drug-likeness (QED) is 0.211. The van der Waals surface area contributed by atoms with E-state index in [4.69, 9.17) is 36.8 Å². The van der Waals surface area contributed by atoms with Crippen molar-refractivity contribution >= 4 is 29.0 Å². The summed E-state index contributed by atoms with van der Waals surface area (Å²) in [7, 11) is 3.34. The fraction of sp³-hybridized carbons (Fsp3) is 0.556. The van der Waals surface area contributed by atoms with E-state index in [0.717, 1.165) is 49.2 Å². The molecule has 53 heavy (non-hydrogen) atoms. The first-order valence-corrected chi connectivity index (χ1v) is 18.1. The van der Waals surface area contributed by atoms with Crippen molar-refractivity contribution in [1.29, 1.82) is 0 Å². The molecule has 1 amide bonds. The Balaban J connectivity index is 1.26. The van der Waals surface area contributed by atoms with Gasteiger partial charge in [0.25, 0.3) is 12.0 Å². The normalized spacial score (nSPS) is 23.2. The zero-order valence-electron chi connectivity index (χ0n) is 29.8. The average molecular weight is 765 g/mol. The van der Waals surface area contributed by atoms with E-state index >= 15 is 0 Å². The van der Waals surface area contributed by atoms with Crippen LogP contribution in [0, 0.1) is 12.8 Å². The molecule has 1 aromatic carbocycles. The third-order valence-electron chi connectivity index (χ3n) is 10.9. The van der Waals surface area contributed by atoms with Crippen LogP contribution < -0.4 is 15.4 Å². The van der Waals surface area contributed by atoms with Crippen molar-refractivity contribution in [3.05, 3.63) is 68.6 Å². The number of nitrogen functional groups attached to an aromatic ring is 1. The zero-order valence-corrected chi connectivity index (χ0v) is 30.5. The largest absolute Gasteiger partial charge is 0.461 e. The molecule has 3 atom stereocenters. The van der Waals surface area contributed by atoms with Crippen molar-refractivity contribution in [1.82, 2.24) is 29.5 Å². The van der Waals surface area contributed by atoms with Crippen LogP contribution >= 0.6 is 11.6 Å². The van der Waals surface area contributed by atoms with Crippen LogP contribution in [0.4, 0.5) is 33.5 Å². The number of benzene rings is 1. The second-order valence-electron chi connectivity index (χ2n) is 14.7. The highest BCUT2D eigenvalue weighted by Gasteiger charge is 2.47. The highest BCUT2D eigenvalue weighted by atomic mass is 35.5. The summed E-state index contributed by atoms with van der Waals surface area (Å²) in [5, 5.41) is 4.11. The van der Waals surface area contributed by atoms with Crippen molar-refractivity contribution in [2.45, 2.75) is 83.0 Å². The number of rotatable bonds is 7. The van der Waals surface area contributed by atoms with Crippen molar-refractivity contribution in [2.24, 2.45) is 5.92 Å². The number of carbonyl (C=O) groups excluding carboxylic acids is 1. The van der Waals surface area contributed by atoms with E-state index in [1.807, 2.05) is 16.5 Å². The summed E-state index contributed by atoms with van der Waals surface area (Å²) in [5.74, 6) is -0.0227. The molecule has 4 aliphatic rings. The number of fused-ring (bicyclic) bond motifs is 3. The Morgan fingerprint density at radius 1 is 1.17 bits per heavy atom. The number of nitrogens with zero attached hydrogens (tertiary/aromatic N) is 7. The Hall–Kier alpha value is -4.02. The van der Waals surface area contributed by atoms with E-state index in [2.05, 4.69) is 10.00 Å². The van der Waals surface area contributed by atoms with Gasteiger partial charge in [-0.2, -0.15) is 37.0 Å². The predicted molar refractivity (Wildman–Crippen MR) is 187 cm³/mol. The molecule has 2 saturated heterocycles. The minimum atomic E-state index is -4.76. The van der Waals surface area contributed by atoms with E-state index < -0.39 is 34.5 Å². The monoisotopic (exact) mass is 764 g/mol. The van der Waals surface area contributed by atoms with Crippen molar-refractivity contribution in [3.63, 3.8) is 0 Å². The first kappa shape index (κ1) is 37.3. The molecule has 2 fully saturated rings. The number of alkyl halides is 3. The van der Waals surface area contributed by atoms with E-state index in [0.29, 0.717) is 61.8 Å². The molecule has 3 aromatic rings. The van der Waals surface area contributed by atoms with Crippen LogP contribution in [0.1, 0.15) is 82.3 Å². The summed E-state index contributed by atoms with van der Waals surface area (Å²) in [4.78, 5) is 28.4. The molecule has 0 bridgehead atoms. The van der Waals surface area contributed by atoms with Crippen LogP contribution in [0.2, 0.25) is 5.02 Å². The van der Waals surface area contributed by atoms with Crippen molar-refractivity contribution in [2.75, 3.05) is 51.0 Å². The second-order valence-corrected chi connectivity index (χ2v) is 15.1. The van der Waals surface area contributed by atoms with Gasteiger partial charge in [0, 0.05) is 57.0 Å². The maximum Gasteiger partial charge on any atom is 0.418 e. The number of halogens is 6. The van der Waals surface area contributed by atoms with Gasteiger partial charge in [-0.15, -0.1) is 0 Å². The number of aromatic nitrogens is 4. The minimum Gasteiger partial charge on any atom is -0.461 e. The molecule has 286 valence electrons. The molecular formula is C36H42ClF5N8O3. The highest BCUT2D eigenvalue weighted by Crippen LogP contribution is 2.45. The number of aryl methyl sites for hydroxylation is 1. The fourth-order valence-corrected chi connectivity index (χ4v) is 8.75. The van der Waals surface area contributed by atoms with Crippen molar-refractivity contribution < 1.29 is 36.2 Å². The number of carbonyl (C=O) groups is 1. The summed E-state index contributed by atoms with van der Waals surface area (Å²) < 4.78 is 84.0. The van der Waals surface area contributed by atoms with Gasteiger partial charge in [-0.3, -0.25) is 14.4 Å². The number of amides is 1. The van der Waals surface area contributed by atoms with Gasteiger partial charge in [0.2, 0.25) is 0 Å². The molecule has 4 aliphatic heterocycles. The summed E-state index contributed by atoms with van der Waals surface area (Å²) in [5.41, 5.74) is 7.35. The van der Waals surface area contributed by atoms with Gasteiger partial charge in [0.1, 0.15) is 12.4 Å². The molecule has 2 aromatic heterocycles. The Kier molecular flexibility index (Phi) is 10.1. The van der Waals surface area contributed by atoms with Gasteiger partial charge in [-0.25, -0.2) is 0 Å². The highest BCUT2D eigenvalue weighted by molar-refractivity contribution is 6.31. The van der Waals surface area contributed by atoms with Crippen LogP contribution in [0.5, 0.6) is 6.01 Å². The Morgan fingerprint density at radius 2 is 1.96 bits per heavy atom. The molecule has 0 spiro atoms. The number of piperidine rings is 1. The maximum absolute atomic E-state index is 14.3. The summed E-state index contributed by atoms with van der Waals surface area (Å²) in [6, 6.07) is 2.34. The standard InChI is InChI=1S/C36H42ClF5N8O3/c1-20-27-17-48(8-6-10-50(27)46-31(20)33(51)47(2)3)32-24-18-52-28(23-12-22(43)13-25(37)30(23)36(40,41)42)14-26(24)44-34(45-32)53-19-35-7-4-5-9-49(35)16-21(15-35)11-29(38)39/h11-13,21,28H,4-10,14-19,43H2,1-3H3/t21-,28-,35+/m0/s1. The third kappa shape index (κ3) is 7.29. The third-order valence-corrected chi connectivity index (χ3v) is 11.2. The fourth-order valence-electron chi connectivity index (χ4n) is 8.41. The number of hydrogen-bond donors (Lipinski definition) is 1. The van der Waals surface area contributed by atoms with E-state index in [9.17, 15) is 26.7 Å². The lowest BCUT2D eigenvalue weighted by molar-refractivity contribution is -0.139. The molecular weight excluding hydrogens is 723 g/mol. The Bertz CT molecular complexity index is 1930. The average Bonchev–Trinajstić information content (AvgIpc) is 3.51. The molecule has 11 nitrogen and oxygen atoms in total. The molecule has 17 heteroatoms. The second kappa shape index (κ2) is 14.3. The summed E-state index contributed by atoms with van der Waals surface area (Å²) >= 11 is 6.11. The first-order valence-electron chi connectivity index (χ1n) is 17.7. The Morgan fingerprint density at radius 3 is 2.70 bits per heavy atom. The van der Waals surface area contributed by atoms with Gasteiger partial charge in [0.15, 0.2) is 5.69 Å². The summed E-state index contributed by atoms with van der Waals surface area (Å²) in [6.45, 7) is 4.64. The van der Waals surface area contributed by atoms with Gasteiger partial charge in [-0.1, -0.05) is 18.0 Å². The topological polar surface area (TPSA) is 115 Å². The lowest BCUT2D eigenvalue weighted by Gasteiger charge is -2.41. The molecule has 0 radical (unpaired) electrons. The molecule has 2 N–H and O–H groups in total. The Labute approximate surface area is 308 Å². The van der Waals surface area contributed by atoms with Gasteiger partial charge < -0.3 is 25.0 Å². The molecule has 7 rings (SSSR count). The lowest BCUT2D eigenvalue weighted by atomic mass is 9.85.